The van der Waals surface area contributed by atoms with E-state index in [-0.39, 0.29) is 57.8 Å². The molecule has 1 rings (SSSR count). The number of hydrogen-bond acceptors (Lipinski definition) is 3. The van der Waals surface area contributed by atoms with Crippen molar-refractivity contribution in [3.8, 4) is 5.75 Å². The van der Waals surface area contributed by atoms with Crippen LogP contribution >= 0.6 is 0 Å². The summed E-state index contributed by atoms with van der Waals surface area (Å²) in [6.45, 7) is 3.62. The summed E-state index contributed by atoms with van der Waals surface area (Å²) in [6, 6.07) is 5.86. The van der Waals surface area contributed by atoms with Gasteiger partial charge in [0.25, 0.3) is 10.1 Å². The Morgan fingerprint density at radius 1 is 1.47 bits per heavy atom. The topological polar surface area (TPSA) is 63.6 Å². The molecule has 0 aliphatic rings. The second-order valence-corrected chi connectivity index (χ2v) is 3.91. The van der Waals surface area contributed by atoms with Crippen molar-refractivity contribution in [1.82, 2.24) is 0 Å². The van der Waals surface area contributed by atoms with Gasteiger partial charge in [-0.3, -0.25) is 4.55 Å². The number of hydrogen-bond donors (Lipinski definition) is 1. The zero-order valence-electron chi connectivity index (χ0n) is 10.1. The van der Waals surface area contributed by atoms with E-state index in [1.165, 1.54) is 24.3 Å². The number of benzene rings is 1. The zero-order chi connectivity index (χ0) is 10.6. The van der Waals surface area contributed by atoms with Gasteiger partial charge >= 0.3 is 37.7 Å². The molecule has 4 nitrogen and oxygen atoms in total. The standard InChI is InChI=1S/C9H10O4S.Ca.2H/c1-2-7-13-8-5-3-4-6-9(8)14(10,11)12;;;/h2-6H,1,7H2,(H,10,11,12);;;/q;+2;2*-1. The summed E-state index contributed by atoms with van der Waals surface area (Å²) >= 11 is 0. The van der Waals surface area contributed by atoms with Crippen molar-refractivity contribution < 1.29 is 20.6 Å². The fourth-order valence-corrected chi connectivity index (χ4v) is 1.56. The minimum atomic E-state index is -4.22. The Labute approximate surface area is 122 Å². The molecule has 0 heterocycles. The number of rotatable bonds is 4. The maximum atomic E-state index is 10.9. The molecule has 0 saturated heterocycles. The summed E-state index contributed by atoms with van der Waals surface area (Å²) in [5.74, 6) is 0.120. The molecular formula is C9H12CaO4S. The minimum Gasteiger partial charge on any atom is -1.00 e. The average Bonchev–Trinajstić information content (AvgIpc) is 2.14. The molecule has 0 fully saturated rings. The first kappa shape index (κ1) is 14.9. The summed E-state index contributed by atoms with van der Waals surface area (Å²) in [7, 11) is -4.22. The molecule has 0 bridgehead atoms. The van der Waals surface area contributed by atoms with Gasteiger partial charge in [0.05, 0.1) is 0 Å². The molecule has 0 amide bonds. The van der Waals surface area contributed by atoms with Crippen LogP contribution < -0.4 is 4.74 Å². The largest absolute Gasteiger partial charge is 2.00 e. The van der Waals surface area contributed by atoms with Crippen LogP contribution in [0, 0.1) is 0 Å². The van der Waals surface area contributed by atoms with Crippen LogP contribution in [0.5, 0.6) is 5.75 Å². The third-order valence-electron chi connectivity index (χ3n) is 1.48. The summed E-state index contributed by atoms with van der Waals surface area (Å²) < 4.78 is 35.6. The van der Waals surface area contributed by atoms with Gasteiger partial charge in [0, 0.05) is 0 Å². The van der Waals surface area contributed by atoms with Crippen molar-refractivity contribution in [3.63, 3.8) is 0 Å². The maximum absolute atomic E-state index is 10.9. The van der Waals surface area contributed by atoms with E-state index in [0.717, 1.165) is 0 Å². The van der Waals surface area contributed by atoms with Crippen molar-refractivity contribution in [2.24, 2.45) is 0 Å². The van der Waals surface area contributed by atoms with Crippen LogP contribution in [0.1, 0.15) is 2.85 Å². The quantitative estimate of drug-likeness (QED) is 0.501. The van der Waals surface area contributed by atoms with Crippen LogP contribution in [0.3, 0.4) is 0 Å². The molecule has 0 radical (unpaired) electrons. The van der Waals surface area contributed by atoms with Crippen LogP contribution in [-0.4, -0.2) is 57.3 Å². The summed E-state index contributed by atoms with van der Waals surface area (Å²) in [5, 5.41) is 0. The Kier molecular flexibility index (Phi) is 6.47. The molecule has 0 saturated carbocycles. The third kappa shape index (κ3) is 4.53. The molecule has 0 unspecified atom stereocenters. The number of ether oxygens (including phenoxy) is 1. The molecule has 0 aliphatic heterocycles. The van der Waals surface area contributed by atoms with E-state index < -0.39 is 10.1 Å². The number of para-hydroxylation sites is 1. The molecule has 0 aliphatic carbocycles. The van der Waals surface area contributed by atoms with Crippen LogP contribution in [0.4, 0.5) is 0 Å². The molecule has 1 aromatic rings. The molecule has 1 aromatic carbocycles. The van der Waals surface area contributed by atoms with Gasteiger partial charge in [-0.1, -0.05) is 24.8 Å². The SMILES string of the molecule is C=CCOc1ccccc1S(=O)(=O)O.[Ca+2].[H-].[H-]. The van der Waals surface area contributed by atoms with E-state index in [1.54, 1.807) is 6.07 Å². The predicted octanol–water partition coefficient (Wildman–Crippen LogP) is 1.34. The summed E-state index contributed by atoms with van der Waals surface area (Å²) in [5.41, 5.74) is 0. The van der Waals surface area contributed by atoms with E-state index in [1.807, 2.05) is 0 Å². The molecule has 1 N–H and O–H groups in total. The van der Waals surface area contributed by atoms with Crippen molar-refractivity contribution in [2.75, 3.05) is 6.61 Å². The first-order chi connectivity index (χ1) is 6.55. The molecule has 0 spiro atoms. The maximum Gasteiger partial charge on any atom is 2.00 e. The summed E-state index contributed by atoms with van der Waals surface area (Å²) in [6.07, 6.45) is 1.49. The molecule has 0 aromatic heterocycles. The van der Waals surface area contributed by atoms with E-state index in [2.05, 4.69) is 6.58 Å². The first-order valence-electron chi connectivity index (χ1n) is 3.86. The summed E-state index contributed by atoms with van der Waals surface area (Å²) in [4.78, 5) is -0.234. The molecule has 80 valence electrons. The van der Waals surface area contributed by atoms with Gasteiger partial charge in [-0.15, -0.1) is 0 Å². The molecule has 6 heteroatoms. The van der Waals surface area contributed by atoms with Gasteiger partial charge in [-0.2, -0.15) is 8.42 Å². The van der Waals surface area contributed by atoms with Gasteiger partial charge in [0.15, 0.2) is 0 Å². The van der Waals surface area contributed by atoms with Crippen LogP contribution in [-0.2, 0) is 10.1 Å². The van der Waals surface area contributed by atoms with Crippen LogP contribution in [0.25, 0.3) is 0 Å². The molecular weight excluding hydrogens is 244 g/mol. The predicted molar refractivity (Wildman–Crippen MR) is 59.9 cm³/mol. The minimum absolute atomic E-state index is 0. The van der Waals surface area contributed by atoms with E-state index in [9.17, 15) is 8.42 Å². The van der Waals surface area contributed by atoms with Gasteiger partial charge < -0.3 is 7.59 Å². The van der Waals surface area contributed by atoms with Gasteiger partial charge in [-0.05, 0) is 12.1 Å². The zero-order valence-corrected chi connectivity index (χ0v) is 11.1. The van der Waals surface area contributed by atoms with E-state index >= 15 is 0 Å². The Bertz CT molecular complexity index is 436. The molecule has 0 atom stereocenters. The third-order valence-corrected chi connectivity index (χ3v) is 2.38. The fraction of sp³-hybridized carbons (Fsp3) is 0.111. The monoisotopic (exact) mass is 256 g/mol. The van der Waals surface area contributed by atoms with E-state index in [4.69, 9.17) is 9.29 Å². The van der Waals surface area contributed by atoms with Crippen molar-refractivity contribution in [1.29, 1.82) is 0 Å². The van der Waals surface area contributed by atoms with Gasteiger partial charge in [-0.25, -0.2) is 0 Å². The normalized spacial score (nSPS) is 10.2. The average molecular weight is 256 g/mol. The van der Waals surface area contributed by atoms with Crippen molar-refractivity contribution >= 4 is 47.9 Å². The van der Waals surface area contributed by atoms with Gasteiger partial charge in [0.1, 0.15) is 17.3 Å². The van der Waals surface area contributed by atoms with Gasteiger partial charge in [0.2, 0.25) is 0 Å². The first-order valence-corrected chi connectivity index (χ1v) is 5.30. The Hall–Kier alpha value is -0.0703. The smallest absolute Gasteiger partial charge is 1.00 e. The Balaban J connectivity index is -0.000000653. The molecule has 15 heavy (non-hydrogen) atoms. The van der Waals surface area contributed by atoms with Crippen molar-refractivity contribution in [3.05, 3.63) is 36.9 Å². The second kappa shape index (κ2) is 6.50. The van der Waals surface area contributed by atoms with Crippen LogP contribution in [0.2, 0.25) is 0 Å². The Morgan fingerprint density at radius 2 is 2.07 bits per heavy atom. The van der Waals surface area contributed by atoms with Crippen molar-refractivity contribution in [2.45, 2.75) is 4.90 Å². The van der Waals surface area contributed by atoms with E-state index in [0.29, 0.717) is 0 Å². The van der Waals surface area contributed by atoms with Crippen LogP contribution in [0.15, 0.2) is 41.8 Å². The fourth-order valence-electron chi connectivity index (χ4n) is 0.931. The Morgan fingerprint density at radius 3 is 2.60 bits per heavy atom. The second-order valence-electron chi connectivity index (χ2n) is 2.52.